The molecular formula is C28H28O6. The Morgan fingerprint density at radius 2 is 1.47 bits per heavy atom. The molecular weight excluding hydrogens is 432 g/mol. The minimum Gasteiger partial charge on any atom is -0.478 e. The van der Waals surface area contributed by atoms with Crippen LogP contribution in [0.3, 0.4) is 0 Å². The van der Waals surface area contributed by atoms with Crippen molar-refractivity contribution in [1.82, 2.24) is 0 Å². The number of carboxylic acid groups (broad SMARTS) is 3. The maximum atomic E-state index is 12.4. The first-order valence-electron chi connectivity index (χ1n) is 10.6. The summed E-state index contributed by atoms with van der Waals surface area (Å²) in [4.78, 5) is 35.7. The molecule has 0 radical (unpaired) electrons. The zero-order chi connectivity index (χ0) is 25.3. The Morgan fingerprint density at radius 3 is 1.97 bits per heavy atom. The van der Waals surface area contributed by atoms with Crippen LogP contribution in [0.5, 0.6) is 0 Å². The largest absolute Gasteiger partial charge is 0.478 e. The van der Waals surface area contributed by atoms with Gasteiger partial charge < -0.3 is 15.3 Å². The summed E-state index contributed by atoms with van der Waals surface area (Å²) >= 11 is 0. The fourth-order valence-corrected chi connectivity index (χ4v) is 3.45. The predicted molar refractivity (Wildman–Crippen MR) is 131 cm³/mol. The van der Waals surface area contributed by atoms with Crippen LogP contribution >= 0.6 is 0 Å². The minimum absolute atomic E-state index is 0.00771. The van der Waals surface area contributed by atoms with Crippen LogP contribution < -0.4 is 0 Å². The maximum Gasteiger partial charge on any atom is 0.332 e. The second kappa shape index (κ2) is 11.6. The molecule has 176 valence electrons. The molecule has 2 aromatic rings. The Morgan fingerprint density at radius 1 is 0.912 bits per heavy atom. The van der Waals surface area contributed by atoms with E-state index in [1.165, 1.54) is 19.1 Å². The molecule has 2 atom stereocenters. The second-order valence-electron chi connectivity index (χ2n) is 8.17. The molecule has 0 aliphatic rings. The number of carboxylic acids is 3. The topological polar surface area (TPSA) is 112 Å². The van der Waals surface area contributed by atoms with Gasteiger partial charge in [-0.2, -0.15) is 0 Å². The zero-order valence-corrected chi connectivity index (χ0v) is 19.1. The van der Waals surface area contributed by atoms with Crippen molar-refractivity contribution in [3.63, 3.8) is 0 Å². The number of aliphatic carboxylic acids is 3. The van der Waals surface area contributed by atoms with Gasteiger partial charge in [0.05, 0.1) is 0 Å². The normalized spacial score (nSPS) is 14.9. The van der Waals surface area contributed by atoms with Gasteiger partial charge in [0.25, 0.3) is 0 Å². The summed E-state index contributed by atoms with van der Waals surface area (Å²) in [5.41, 5.74) is -0.0724. The van der Waals surface area contributed by atoms with Gasteiger partial charge in [0, 0.05) is 28.1 Å². The summed E-state index contributed by atoms with van der Waals surface area (Å²) in [6.45, 7) is 6.65. The number of rotatable bonds is 11. The first-order valence-corrected chi connectivity index (χ1v) is 10.6. The van der Waals surface area contributed by atoms with Crippen molar-refractivity contribution in [3.05, 3.63) is 113 Å². The lowest BCUT2D eigenvalue weighted by molar-refractivity contribution is -0.134. The van der Waals surface area contributed by atoms with Gasteiger partial charge in [0.1, 0.15) is 0 Å². The molecule has 6 nitrogen and oxygen atoms in total. The highest BCUT2D eigenvalue weighted by Gasteiger charge is 2.31. The highest BCUT2D eigenvalue weighted by atomic mass is 16.4. The lowest BCUT2D eigenvalue weighted by Gasteiger charge is -2.25. The highest BCUT2D eigenvalue weighted by molar-refractivity contribution is 5.92. The van der Waals surface area contributed by atoms with E-state index < -0.39 is 29.2 Å². The van der Waals surface area contributed by atoms with Crippen LogP contribution in [0.2, 0.25) is 0 Å². The summed E-state index contributed by atoms with van der Waals surface area (Å²) in [6, 6.07) is 18.3. The average Bonchev–Trinajstić information content (AvgIpc) is 2.81. The van der Waals surface area contributed by atoms with E-state index in [0.29, 0.717) is 0 Å². The molecule has 2 unspecified atom stereocenters. The van der Waals surface area contributed by atoms with Crippen molar-refractivity contribution in [3.8, 4) is 0 Å². The lowest BCUT2D eigenvalue weighted by atomic mass is 9.77. The van der Waals surface area contributed by atoms with Gasteiger partial charge in [-0.15, -0.1) is 0 Å². The van der Waals surface area contributed by atoms with Crippen LogP contribution in [0.4, 0.5) is 0 Å². The third-order valence-corrected chi connectivity index (χ3v) is 5.52. The number of hydrogen-bond donors (Lipinski definition) is 3. The van der Waals surface area contributed by atoms with E-state index in [1.54, 1.807) is 19.1 Å². The van der Waals surface area contributed by atoms with E-state index in [1.807, 2.05) is 60.7 Å². The molecule has 3 N–H and O–H groups in total. The first kappa shape index (κ1) is 26.1. The Labute approximate surface area is 198 Å². The standard InChI is InChI=1S/C28H28O6/c1-19(25(29)30)16-23(17-22-12-8-5-9-13-22)24(27(33)34)18-28(3,20(2)26(31)32)15-14-21-10-6-4-7-11-21/h4-16,18,23H,2,17H2,1,3H3,(H,29,30)(H,31,32)(H,33,34). The molecule has 0 saturated carbocycles. The van der Waals surface area contributed by atoms with Crippen molar-refractivity contribution in [1.29, 1.82) is 0 Å². The number of carbonyl (C=O) groups is 3. The SMILES string of the molecule is C=C(C(=O)O)C(C)(C=Cc1ccccc1)C=C(C(=O)O)C(C=C(C)C(=O)O)Cc1ccccc1. The van der Waals surface area contributed by atoms with Crippen molar-refractivity contribution in [2.75, 3.05) is 0 Å². The zero-order valence-electron chi connectivity index (χ0n) is 19.1. The molecule has 0 aromatic heterocycles. The Hall–Kier alpha value is -4.19. The van der Waals surface area contributed by atoms with Gasteiger partial charge in [-0.3, -0.25) is 0 Å². The minimum atomic E-state index is -1.35. The Balaban J connectivity index is 2.66. The third-order valence-electron chi connectivity index (χ3n) is 5.52. The molecule has 0 aliphatic heterocycles. The second-order valence-corrected chi connectivity index (χ2v) is 8.17. The van der Waals surface area contributed by atoms with Crippen molar-refractivity contribution >= 4 is 24.0 Å². The Bertz CT molecular complexity index is 1140. The maximum absolute atomic E-state index is 12.4. The van der Waals surface area contributed by atoms with Gasteiger partial charge in [0.2, 0.25) is 0 Å². The quantitative estimate of drug-likeness (QED) is 0.395. The molecule has 6 heteroatoms. The molecule has 2 rings (SSSR count). The molecule has 0 heterocycles. The van der Waals surface area contributed by atoms with E-state index in [2.05, 4.69) is 6.58 Å². The van der Waals surface area contributed by atoms with Crippen LogP contribution in [-0.2, 0) is 20.8 Å². The van der Waals surface area contributed by atoms with E-state index in [0.717, 1.165) is 11.1 Å². The molecule has 0 amide bonds. The average molecular weight is 461 g/mol. The summed E-state index contributed by atoms with van der Waals surface area (Å²) < 4.78 is 0. The molecule has 0 bridgehead atoms. The summed E-state index contributed by atoms with van der Waals surface area (Å²) in [5.74, 6) is -4.52. The first-order chi connectivity index (χ1) is 16.0. The molecule has 0 spiro atoms. The predicted octanol–water partition coefficient (Wildman–Crippen LogP) is 5.25. The monoisotopic (exact) mass is 460 g/mol. The van der Waals surface area contributed by atoms with E-state index in [4.69, 9.17) is 0 Å². The Kier molecular flexibility index (Phi) is 8.90. The van der Waals surface area contributed by atoms with Crippen molar-refractivity contribution in [2.24, 2.45) is 11.3 Å². The number of allylic oxidation sites excluding steroid dienone is 3. The van der Waals surface area contributed by atoms with Gasteiger partial charge in [-0.05, 0) is 31.4 Å². The van der Waals surface area contributed by atoms with Crippen LogP contribution in [0.15, 0.2) is 102 Å². The molecule has 2 aromatic carbocycles. The van der Waals surface area contributed by atoms with E-state index in [-0.39, 0.29) is 23.1 Å². The van der Waals surface area contributed by atoms with Crippen LogP contribution in [0, 0.1) is 11.3 Å². The smallest absolute Gasteiger partial charge is 0.332 e. The van der Waals surface area contributed by atoms with Crippen molar-refractivity contribution < 1.29 is 29.7 Å². The highest BCUT2D eigenvalue weighted by Crippen LogP contribution is 2.35. The summed E-state index contributed by atoms with van der Waals surface area (Å²) in [6.07, 6.45) is 6.26. The summed E-state index contributed by atoms with van der Waals surface area (Å²) in [5, 5.41) is 29.1. The van der Waals surface area contributed by atoms with Crippen LogP contribution in [0.1, 0.15) is 25.0 Å². The summed E-state index contributed by atoms with van der Waals surface area (Å²) in [7, 11) is 0. The van der Waals surface area contributed by atoms with E-state index in [9.17, 15) is 29.7 Å². The van der Waals surface area contributed by atoms with Crippen LogP contribution in [-0.4, -0.2) is 33.2 Å². The fourth-order valence-electron chi connectivity index (χ4n) is 3.45. The third kappa shape index (κ3) is 7.17. The number of hydrogen-bond acceptors (Lipinski definition) is 3. The molecule has 34 heavy (non-hydrogen) atoms. The van der Waals surface area contributed by atoms with Crippen molar-refractivity contribution in [2.45, 2.75) is 20.3 Å². The van der Waals surface area contributed by atoms with Gasteiger partial charge in [-0.25, -0.2) is 14.4 Å². The molecule has 0 aliphatic carbocycles. The van der Waals surface area contributed by atoms with Gasteiger partial charge in [0.15, 0.2) is 0 Å². The van der Waals surface area contributed by atoms with Gasteiger partial charge in [-0.1, -0.05) is 91.5 Å². The van der Waals surface area contributed by atoms with Crippen LogP contribution in [0.25, 0.3) is 6.08 Å². The number of benzene rings is 2. The molecule has 0 fully saturated rings. The lowest BCUT2D eigenvalue weighted by Crippen LogP contribution is -2.24. The van der Waals surface area contributed by atoms with E-state index >= 15 is 0 Å². The molecule has 0 saturated heterocycles. The fraction of sp³-hybridized carbons (Fsp3) is 0.179. The van der Waals surface area contributed by atoms with Gasteiger partial charge >= 0.3 is 17.9 Å².